The van der Waals surface area contributed by atoms with Crippen LogP contribution in [0.15, 0.2) is 4.47 Å². The third-order valence-electron chi connectivity index (χ3n) is 1.25. The first-order chi connectivity index (χ1) is 4.61. The molecule has 0 spiro atoms. The van der Waals surface area contributed by atoms with Gasteiger partial charge >= 0.3 is 0 Å². The van der Waals surface area contributed by atoms with Crippen molar-refractivity contribution in [1.29, 1.82) is 0 Å². The van der Waals surface area contributed by atoms with E-state index in [4.69, 9.17) is 0 Å². The van der Waals surface area contributed by atoms with Crippen molar-refractivity contribution in [3.63, 3.8) is 0 Å². The monoisotopic (exact) mass is 1370 g/mol. The van der Waals surface area contributed by atoms with Gasteiger partial charge < -0.3 is 12.1 Å². The maximum atomic E-state index is 3.33. The Morgan fingerprint density at radius 1 is 0.591 bits per heavy atom. The second kappa shape index (κ2) is 51.3. The quantitative estimate of drug-likeness (QED) is 0.277. The molecule has 0 bridgehead atoms. The Morgan fingerprint density at radius 2 is 0.773 bits per heavy atom. The van der Waals surface area contributed by atoms with Crippen LogP contribution < -0.4 is 0 Å². The van der Waals surface area contributed by atoms with E-state index in [0.29, 0.717) is 0 Å². The number of benzene rings is 1. The van der Waals surface area contributed by atoms with Crippen molar-refractivity contribution < 1.29 is 393 Å². The summed E-state index contributed by atoms with van der Waals surface area (Å²) in [6, 6.07) is 6.27. The van der Waals surface area contributed by atoms with Crippen LogP contribution in [0.25, 0.3) is 0 Å². The van der Waals surface area contributed by atoms with Crippen LogP contribution in [-0.4, -0.2) is 0 Å². The second-order valence-corrected chi connectivity index (χ2v) is 4.00. The van der Waals surface area contributed by atoms with Crippen LogP contribution in [0.3, 0.4) is 0 Å². The Bertz CT molecular complexity index is 254. The summed E-state index contributed by atoms with van der Waals surface area (Å²) in [5.74, 6) is 0. The minimum Gasteiger partial charge on any atom is -0.340 e. The van der Waals surface area contributed by atoms with Crippen LogP contribution in [0.2, 0.25) is 0 Å². The molecule has 0 nitrogen and oxygen atoms in total. The SMILES string of the molecule is Cc1[c-]c(Br)[c-]c(C)c1I.[Y].[Y].[Y].[Y].[Y].[Y].[Y].[Y].[Y].[Y].[Y].[Y]. The van der Waals surface area contributed by atoms with Gasteiger partial charge in [0.05, 0.1) is 0 Å². The molecule has 1 rings (SSSR count). The third kappa shape index (κ3) is 40.8. The summed E-state index contributed by atoms with van der Waals surface area (Å²) in [4.78, 5) is 0. The molecule has 1 aromatic rings. The van der Waals surface area contributed by atoms with E-state index in [-0.39, 0.29) is 393 Å². The summed E-state index contributed by atoms with van der Waals surface area (Å²) in [5, 5.41) is 0. The summed E-state index contributed by atoms with van der Waals surface area (Å²) in [6.07, 6.45) is 0. The number of halogens is 2. The van der Waals surface area contributed by atoms with Gasteiger partial charge in [0.15, 0.2) is 0 Å². The maximum Gasteiger partial charge on any atom is 0 e. The van der Waals surface area contributed by atoms with Crippen LogP contribution in [0.1, 0.15) is 11.1 Å². The van der Waals surface area contributed by atoms with Gasteiger partial charge in [-0.15, -0.1) is 15.9 Å². The first kappa shape index (κ1) is 76.5. The van der Waals surface area contributed by atoms with Crippen LogP contribution in [0.5, 0.6) is 0 Å². The maximum absolute atomic E-state index is 3.33. The first-order valence-corrected chi connectivity index (χ1v) is 4.75. The molecule has 0 N–H and O–H groups in total. The number of aryl methyl sites for hydroxylation is 2. The van der Waals surface area contributed by atoms with E-state index in [1.54, 1.807) is 0 Å². The average Bonchev–Trinajstić information content (AvgIpc) is 1.82. The number of hydrogen-bond acceptors (Lipinski definition) is 0. The summed E-state index contributed by atoms with van der Waals surface area (Å²) in [6.45, 7) is 4.10. The Balaban J connectivity index is -0.00000000833. The average molecular weight is 1380 g/mol. The van der Waals surface area contributed by atoms with Crippen molar-refractivity contribution in [2.75, 3.05) is 0 Å². The minimum absolute atomic E-state index is 0. The molecule has 0 saturated heterocycles. The summed E-state index contributed by atoms with van der Waals surface area (Å²) < 4.78 is 2.17. The molecule has 1 aromatic carbocycles. The molecule has 0 fully saturated rings. The molecule has 22 heavy (non-hydrogen) atoms. The zero-order valence-electron chi connectivity index (χ0n) is 12.7. The molecule has 0 aliphatic rings. The van der Waals surface area contributed by atoms with Gasteiger partial charge in [-0.05, 0) is 0 Å². The van der Waals surface area contributed by atoms with Crippen molar-refractivity contribution in [1.82, 2.24) is 0 Å². The molecule has 0 aromatic heterocycles. The predicted octanol–water partition coefficient (Wildman–Crippen LogP) is 3.24. The first-order valence-electron chi connectivity index (χ1n) is 2.88. The molecule has 0 atom stereocenters. The van der Waals surface area contributed by atoms with Crippen LogP contribution in [0.4, 0.5) is 0 Å². The Kier molecular flexibility index (Phi) is 179. The zero-order chi connectivity index (χ0) is 7.72. The van der Waals surface area contributed by atoms with Gasteiger partial charge in [-0.25, -0.2) is 30.6 Å². The summed E-state index contributed by atoms with van der Waals surface area (Å²) >= 11 is 5.63. The number of hydrogen-bond donors (Lipinski definition) is 0. The van der Waals surface area contributed by atoms with Gasteiger partial charge in [-0.3, -0.25) is 11.1 Å². The molecular formula is C8H6BrIY12-2. The normalized spacial score (nSPS) is 4.55. The van der Waals surface area contributed by atoms with Gasteiger partial charge in [0.1, 0.15) is 0 Å². The summed E-state index contributed by atoms with van der Waals surface area (Å²) in [5.41, 5.74) is 2.37. The molecule has 0 unspecified atom stereocenters. The predicted molar refractivity (Wildman–Crippen MR) is 54.0 cm³/mol. The molecular weight excluding hydrogens is 1370 g/mol. The molecule has 14 heteroatoms. The van der Waals surface area contributed by atoms with E-state index in [0.717, 1.165) is 4.47 Å². The largest absolute Gasteiger partial charge is 0.340 e. The molecule has 90 valence electrons. The van der Waals surface area contributed by atoms with Gasteiger partial charge in [0, 0.05) is 393 Å². The van der Waals surface area contributed by atoms with E-state index >= 15 is 0 Å². The minimum atomic E-state index is 0. The van der Waals surface area contributed by atoms with Gasteiger partial charge in [0.25, 0.3) is 0 Å². The van der Waals surface area contributed by atoms with E-state index in [1.165, 1.54) is 14.7 Å². The van der Waals surface area contributed by atoms with E-state index in [9.17, 15) is 0 Å². The molecule has 0 aliphatic heterocycles. The van der Waals surface area contributed by atoms with Crippen molar-refractivity contribution in [2.24, 2.45) is 0 Å². The molecule has 0 amide bonds. The third-order valence-corrected chi connectivity index (χ3v) is 3.27. The Morgan fingerprint density at radius 3 is 0.955 bits per heavy atom. The standard InChI is InChI=1S/C8H6BrI.12Y/c1-5-3-7(9)4-6(2)8(5)10;;;;;;;;;;;;/h1-2H3;;;;;;;;;;;;/q-2;;;;;;;;;;;;. The van der Waals surface area contributed by atoms with Crippen molar-refractivity contribution >= 4 is 38.5 Å². The fraction of sp³-hybridized carbons (Fsp3) is 0.250. The second-order valence-electron chi connectivity index (χ2n) is 2.13. The van der Waals surface area contributed by atoms with E-state index < -0.39 is 0 Å². The smallest absolute Gasteiger partial charge is 0 e. The molecule has 0 saturated carbocycles. The Hall–Kier alpha value is 13.7. The van der Waals surface area contributed by atoms with Crippen molar-refractivity contribution in [3.05, 3.63) is 31.3 Å². The van der Waals surface area contributed by atoms with Gasteiger partial charge in [-0.2, -0.15) is 0 Å². The van der Waals surface area contributed by atoms with Crippen molar-refractivity contribution in [3.8, 4) is 0 Å². The van der Waals surface area contributed by atoms with Crippen LogP contribution in [-0.2, 0) is 393 Å². The van der Waals surface area contributed by atoms with Crippen LogP contribution >= 0.6 is 38.5 Å². The van der Waals surface area contributed by atoms with Crippen molar-refractivity contribution in [2.45, 2.75) is 13.8 Å². The fourth-order valence-corrected chi connectivity index (χ4v) is 1.62. The fourth-order valence-electron chi connectivity index (χ4n) is 0.751. The van der Waals surface area contributed by atoms with E-state index in [2.05, 4.69) is 50.7 Å². The topological polar surface area (TPSA) is 0 Å². The Labute approximate surface area is 460 Å². The summed E-state index contributed by atoms with van der Waals surface area (Å²) in [7, 11) is 0. The number of rotatable bonds is 0. The van der Waals surface area contributed by atoms with Gasteiger partial charge in [0.2, 0.25) is 0 Å². The van der Waals surface area contributed by atoms with Crippen LogP contribution in [0, 0.1) is 29.6 Å². The molecule has 0 heterocycles. The van der Waals surface area contributed by atoms with Gasteiger partial charge in [-0.1, -0.05) is 13.8 Å². The molecule has 12 radical (unpaired) electrons. The molecule has 0 aliphatic carbocycles. The zero-order valence-corrected chi connectivity index (χ0v) is 50.5. The van der Waals surface area contributed by atoms with E-state index in [1.807, 2.05) is 13.8 Å².